The molecule has 0 saturated carbocycles. The summed E-state index contributed by atoms with van der Waals surface area (Å²) in [5.74, 6) is -0.211. The van der Waals surface area contributed by atoms with E-state index in [9.17, 15) is 9.59 Å². The number of nitrogens with zero attached hydrogens (tertiary/aromatic N) is 2. The van der Waals surface area contributed by atoms with Crippen molar-refractivity contribution in [1.29, 1.82) is 0 Å². The molecule has 0 bridgehead atoms. The van der Waals surface area contributed by atoms with Crippen molar-refractivity contribution < 1.29 is 19.1 Å². The quantitative estimate of drug-likeness (QED) is 0.458. The highest BCUT2D eigenvalue weighted by molar-refractivity contribution is 5.93. The van der Waals surface area contributed by atoms with Crippen LogP contribution in [0.5, 0.6) is 5.75 Å². The second-order valence-corrected chi connectivity index (χ2v) is 6.88. The molecule has 0 spiro atoms. The normalized spacial score (nSPS) is 10.5. The minimum atomic E-state index is -0.571. The Kier molecular flexibility index (Phi) is 6.85. The lowest BCUT2D eigenvalue weighted by Gasteiger charge is -2.09. The maximum atomic E-state index is 12.5. The molecule has 156 valence electrons. The van der Waals surface area contributed by atoms with Crippen molar-refractivity contribution >= 4 is 11.9 Å². The zero-order valence-electron chi connectivity index (χ0n) is 17.3. The minimum Gasteiger partial charge on any atom is -0.492 e. The molecule has 1 heterocycles. The average Bonchev–Trinajstić information content (AvgIpc) is 3.04. The maximum absolute atomic E-state index is 12.5. The van der Waals surface area contributed by atoms with Gasteiger partial charge in [-0.15, -0.1) is 0 Å². The van der Waals surface area contributed by atoms with Gasteiger partial charge in [0.2, 0.25) is 0 Å². The van der Waals surface area contributed by atoms with Crippen molar-refractivity contribution in [2.24, 2.45) is 0 Å². The van der Waals surface area contributed by atoms with Gasteiger partial charge in [-0.25, -0.2) is 9.48 Å². The fourth-order valence-corrected chi connectivity index (χ4v) is 3.08. The van der Waals surface area contributed by atoms with Crippen molar-refractivity contribution in [1.82, 2.24) is 15.1 Å². The molecule has 0 aliphatic carbocycles. The number of ether oxygens (including phenoxy) is 2. The smallest absolute Gasteiger partial charge is 0.342 e. The van der Waals surface area contributed by atoms with Crippen molar-refractivity contribution in [3.63, 3.8) is 0 Å². The molecule has 7 heteroatoms. The summed E-state index contributed by atoms with van der Waals surface area (Å²) in [5.41, 5.74) is 3.53. The summed E-state index contributed by atoms with van der Waals surface area (Å²) in [7, 11) is 0. The van der Waals surface area contributed by atoms with E-state index in [1.807, 2.05) is 61.5 Å². The molecule has 0 radical (unpaired) electrons. The van der Waals surface area contributed by atoms with Crippen LogP contribution in [-0.4, -0.2) is 41.4 Å². The van der Waals surface area contributed by atoms with E-state index in [1.165, 1.54) is 0 Å². The van der Waals surface area contributed by atoms with Crippen LogP contribution in [0.3, 0.4) is 0 Å². The fraction of sp³-hybridized carbons (Fsp3) is 0.261. The predicted molar refractivity (Wildman–Crippen MR) is 113 cm³/mol. The summed E-state index contributed by atoms with van der Waals surface area (Å²) < 4.78 is 12.5. The highest BCUT2D eigenvalue weighted by atomic mass is 16.5. The number of amides is 1. The molecule has 1 N–H and O–H groups in total. The number of rotatable bonds is 8. The lowest BCUT2D eigenvalue weighted by molar-refractivity contribution is -0.124. The molecular weight excluding hydrogens is 382 g/mol. The van der Waals surface area contributed by atoms with Crippen LogP contribution in [-0.2, 0) is 9.53 Å². The summed E-state index contributed by atoms with van der Waals surface area (Å²) in [5, 5.41) is 7.10. The number of carbonyl (C=O) groups excluding carboxylic acids is 2. The van der Waals surface area contributed by atoms with Crippen LogP contribution < -0.4 is 10.1 Å². The molecule has 2 aromatic carbocycles. The number of hydrogen-bond acceptors (Lipinski definition) is 5. The molecule has 0 unspecified atom stereocenters. The number of nitrogens with one attached hydrogen (secondary N) is 1. The largest absolute Gasteiger partial charge is 0.492 e. The first-order valence-corrected chi connectivity index (χ1v) is 9.70. The SMILES string of the molecule is Cc1cccc(OCCNC(=O)COC(=O)c2c(C)nn(-c3ccccc3)c2C)c1. The highest BCUT2D eigenvalue weighted by Gasteiger charge is 2.21. The summed E-state index contributed by atoms with van der Waals surface area (Å²) in [4.78, 5) is 24.5. The van der Waals surface area contributed by atoms with E-state index in [0.717, 1.165) is 17.0 Å². The van der Waals surface area contributed by atoms with Crippen LogP contribution in [0.25, 0.3) is 5.69 Å². The molecule has 0 aliphatic rings. The van der Waals surface area contributed by atoms with Gasteiger partial charge in [0, 0.05) is 0 Å². The monoisotopic (exact) mass is 407 g/mol. The van der Waals surface area contributed by atoms with Crippen molar-refractivity contribution in [3.05, 3.63) is 77.1 Å². The van der Waals surface area contributed by atoms with Gasteiger partial charge in [0.15, 0.2) is 6.61 Å². The molecule has 3 aromatic rings. The summed E-state index contributed by atoms with van der Waals surface area (Å²) in [6.07, 6.45) is 0. The molecule has 0 fully saturated rings. The Balaban J connectivity index is 1.48. The maximum Gasteiger partial charge on any atom is 0.342 e. The fourth-order valence-electron chi connectivity index (χ4n) is 3.08. The third-order valence-corrected chi connectivity index (χ3v) is 4.51. The zero-order chi connectivity index (χ0) is 21.5. The third kappa shape index (κ3) is 5.26. The third-order valence-electron chi connectivity index (χ3n) is 4.51. The molecule has 1 amide bonds. The van der Waals surface area contributed by atoms with Crippen LogP contribution in [0.15, 0.2) is 54.6 Å². The van der Waals surface area contributed by atoms with E-state index < -0.39 is 5.97 Å². The summed E-state index contributed by atoms with van der Waals surface area (Å²) in [6, 6.07) is 17.2. The lowest BCUT2D eigenvalue weighted by atomic mass is 10.2. The van der Waals surface area contributed by atoms with Gasteiger partial charge in [-0.3, -0.25) is 4.79 Å². The van der Waals surface area contributed by atoms with Crippen LogP contribution >= 0.6 is 0 Å². The van der Waals surface area contributed by atoms with Gasteiger partial charge in [-0.2, -0.15) is 5.10 Å². The molecular formula is C23H25N3O4. The van der Waals surface area contributed by atoms with E-state index in [4.69, 9.17) is 9.47 Å². The van der Waals surface area contributed by atoms with E-state index in [-0.39, 0.29) is 12.5 Å². The Morgan fingerprint density at radius 3 is 2.53 bits per heavy atom. The molecule has 1 aromatic heterocycles. The number of esters is 1. The molecule has 0 saturated heterocycles. The highest BCUT2D eigenvalue weighted by Crippen LogP contribution is 2.18. The first kappa shape index (κ1) is 21.1. The van der Waals surface area contributed by atoms with E-state index in [0.29, 0.717) is 30.1 Å². The lowest BCUT2D eigenvalue weighted by Crippen LogP contribution is -2.32. The number of para-hydroxylation sites is 1. The van der Waals surface area contributed by atoms with Crippen molar-refractivity contribution in [2.45, 2.75) is 20.8 Å². The first-order chi connectivity index (χ1) is 14.5. The number of aryl methyl sites for hydroxylation is 2. The van der Waals surface area contributed by atoms with Gasteiger partial charge < -0.3 is 14.8 Å². The molecule has 0 atom stereocenters. The van der Waals surface area contributed by atoms with Gasteiger partial charge in [-0.1, -0.05) is 30.3 Å². The first-order valence-electron chi connectivity index (χ1n) is 9.70. The number of carbonyl (C=O) groups is 2. The molecule has 0 aliphatic heterocycles. The summed E-state index contributed by atoms with van der Waals surface area (Å²) in [6.45, 7) is 5.80. The Labute approximate surface area is 175 Å². The Morgan fingerprint density at radius 1 is 1.03 bits per heavy atom. The van der Waals surface area contributed by atoms with Crippen molar-refractivity contribution in [2.75, 3.05) is 19.8 Å². The van der Waals surface area contributed by atoms with E-state index >= 15 is 0 Å². The number of aromatic nitrogens is 2. The molecule has 30 heavy (non-hydrogen) atoms. The van der Waals surface area contributed by atoms with Crippen LogP contribution in [0, 0.1) is 20.8 Å². The Morgan fingerprint density at radius 2 is 1.80 bits per heavy atom. The molecule has 7 nitrogen and oxygen atoms in total. The van der Waals surface area contributed by atoms with E-state index in [2.05, 4.69) is 10.4 Å². The van der Waals surface area contributed by atoms with Crippen molar-refractivity contribution in [3.8, 4) is 11.4 Å². The Hall–Kier alpha value is -3.61. The van der Waals surface area contributed by atoms with Gasteiger partial charge in [0.05, 0.1) is 23.6 Å². The second kappa shape index (κ2) is 9.73. The number of benzene rings is 2. The second-order valence-electron chi connectivity index (χ2n) is 6.88. The molecule has 3 rings (SSSR count). The van der Waals surface area contributed by atoms with Crippen LogP contribution in [0.1, 0.15) is 27.3 Å². The van der Waals surface area contributed by atoms with E-state index in [1.54, 1.807) is 18.5 Å². The summed E-state index contributed by atoms with van der Waals surface area (Å²) >= 11 is 0. The van der Waals surface area contributed by atoms with Gasteiger partial charge >= 0.3 is 5.97 Å². The standard InChI is InChI=1S/C23H25N3O4/c1-16-8-7-11-20(14-16)29-13-12-24-21(27)15-30-23(28)22-17(2)25-26(18(22)3)19-9-5-4-6-10-19/h4-11,14H,12-13,15H2,1-3H3,(H,24,27). The van der Waals surface area contributed by atoms with Gasteiger partial charge in [-0.05, 0) is 50.6 Å². The topological polar surface area (TPSA) is 82.4 Å². The van der Waals surface area contributed by atoms with Crippen LogP contribution in [0.4, 0.5) is 0 Å². The van der Waals surface area contributed by atoms with Gasteiger partial charge in [0.1, 0.15) is 17.9 Å². The van der Waals surface area contributed by atoms with Gasteiger partial charge in [0.25, 0.3) is 5.91 Å². The average molecular weight is 407 g/mol. The predicted octanol–water partition coefficient (Wildman–Crippen LogP) is 3.15. The van der Waals surface area contributed by atoms with Crippen LogP contribution in [0.2, 0.25) is 0 Å². The minimum absolute atomic E-state index is 0.314. The number of hydrogen-bond donors (Lipinski definition) is 1. The Bertz CT molecular complexity index is 1030. The zero-order valence-corrected chi connectivity index (χ0v) is 17.3.